The van der Waals surface area contributed by atoms with Gasteiger partial charge in [0.05, 0.1) is 12.7 Å². The lowest BCUT2D eigenvalue weighted by molar-refractivity contribution is -0.0898. The van der Waals surface area contributed by atoms with Gasteiger partial charge in [0.25, 0.3) is 0 Å². The van der Waals surface area contributed by atoms with Gasteiger partial charge in [-0.3, -0.25) is 0 Å². The molecule has 0 aromatic heterocycles. The second kappa shape index (κ2) is 12.9. The fourth-order valence-corrected chi connectivity index (χ4v) is 1.72. The van der Waals surface area contributed by atoms with E-state index in [9.17, 15) is 0 Å². The topological polar surface area (TPSA) is 38.7 Å². The van der Waals surface area contributed by atoms with Crippen molar-refractivity contribution >= 4 is 0 Å². The number of unbranched alkanes of at least 4 members (excludes halogenated alkanes) is 6. The van der Waals surface area contributed by atoms with E-state index in [4.69, 9.17) is 14.6 Å². The van der Waals surface area contributed by atoms with Crippen molar-refractivity contribution < 1.29 is 14.6 Å². The van der Waals surface area contributed by atoms with Crippen LogP contribution in [0.2, 0.25) is 0 Å². The van der Waals surface area contributed by atoms with Crippen LogP contribution in [0.5, 0.6) is 0 Å². The molecule has 0 spiro atoms. The van der Waals surface area contributed by atoms with Crippen LogP contribution in [0, 0.1) is 0 Å². The first-order valence-electron chi connectivity index (χ1n) is 6.56. The molecule has 3 nitrogen and oxygen atoms in total. The first kappa shape index (κ1) is 15.9. The van der Waals surface area contributed by atoms with Crippen molar-refractivity contribution in [2.75, 3.05) is 20.5 Å². The number of methoxy groups -OCH3 is 1. The summed E-state index contributed by atoms with van der Waals surface area (Å²) in [5.74, 6) is 0. The van der Waals surface area contributed by atoms with E-state index in [0.717, 1.165) is 12.8 Å². The summed E-state index contributed by atoms with van der Waals surface area (Å²) in [7, 11) is 1.60. The zero-order chi connectivity index (χ0) is 12.1. The summed E-state index contributed by atoms with van der Waals surface area (Å²) < 4.78 is 10.1. The van der Waals surface area contributed by atoms with Crippen molar-refractivity contribution in [1.29, 1.82) is 0 Å². The molecule has 0 aliphatic heterocycles. The van der Waals surface area contributed by atoms with Crippen LogP contribution in [0.4, 0.5) is 0 Å². The van der Waals surface area contributed by atoms with Gasteiger partial charge >= 0.3 is 0 Å². The Morgan fingerprint density at radius 1 is 1.00 bits per heavy atom. The average molecular weight is 232 g/mol. The maximum Gasteiger partial charge on any atom is 0.146 e. The Kier molecular flexibility index (Phi) is 12.9. The first-order chi connectivity index (χ1) is 7.85. The highest BCUT2D eigenvalue weighted by Crippen LogP contribution is 2.10. The predicted octanol–water partition coefficient (Wildman–Crippen LogP) is 3.11. The molecule has 0 saturated heterocycles. The highest BCUT2D eigenvalue weighted by atomic mass is 16.7. The van der Waals surface area contributed by atoms with Gasteiger partial charge in [-0.2, -0.15) is 0 Å². The molecule has 0 aromatic rings. The van der Waals surface area contributed by atoms with Gasteiger partial charge in [-0.05, 0) is 6.42 Å². The highest BCUT2D eigenvalue weighted by Gasteiger charge is 2.06. The monoisotopic (exact) mass is 232 g/mol. The van der Waals surface area contributed by atoms with Crippen LogP contribution in [-0.2, 0) is 9.47 Å². The van der Waals surface area contributed by atoms with Crippen molar-refractivity contribution in [2.24, 2.45) is 0 Å². The van der Waals surface area contributed by atoms with E-state index in [2.05, 4.69) is 6.92 Å². The quantitative estimate of drug-likeness (QED) is 0.415. The lowest BCUT2D eigenvalue weighted by atomic mass is 10.1. The molecule has 0 radical (unpaired) electrons. The third-order valence-corrected chi connectivity index (χ3v) is 2.75. The van der Waals surface area contributed by atoms with Crippen LogP contribution in [0.3, 0.4) is 0 Å². The molecule has 0 bridgehead atoms. The molecule has 0 aliphatic carbocycles. The Hall–Kier alpha value is -0.120. The van der Waals surface area contributed by atoms with E-state index < -0.39 is 0 Å². The largest absolute Gasteiger partial charge is 0.394 e. The molecule has 0 saturated carbocycles. The molecule has 0 heterocycles. The molecule has 0 unspecified atom stereocenters. The normalized spacial score (nSPS) is 12.9. The smallest absolute Gasteiger partial charge is 0.146 e. The Balaban J connectivity index is 3.20. The lowest BCUT2D eigenvalue weighted by Crippen LogP contribution is -2.18. The van der Waals surface area contributed by atoms with Crippen molar-refractivity contribution in [1.82, 2.24) is 0 Å². The Morgan fingerprint density at radius 3 is 2.19 bits per heavy atom. The SMILES string of the molecule is CCCCCCCCC[C@H](CO)OCOC. The number of hydrogen-bond donors (Lipinski definition) is 1. The molecule has 1 atom stereocenters. The summed E-state index contributed by atoms with van der Waals surface area (Å²) in [6.07, 6.45) is 9.95. The van der Waals surface area contributed by atoms with Crippen LogP contribution < -0.4 is 0 Å². The molecular formula is C13H28O3. The second-order valence-corrected chi connectivity index (χ2v) is 4.29. The van der Waals surface area contributed by atoms with Gasteiger partial charge in [-0.25, -0.2) is 0 Å². The molecule has 0 rings (SSSR count). The minimum atomic E-state index is -0.0457. The zero-order valence-corrected chi connectivity index (χ0v) is 10.9. The molecule has 0 aromatic carbocycles. The van der Waals surface area contributed by atoms with E-state index >= 15 is 0 Å². The van der Waals surface area contributed by atoms with Crippen molar-refractivity contribution in [3.8, 4) is 0 Å². The fraction of sp³-hybridized carbons (Fsp3) is 1.00. The number of hydrogen-bond acceptors (Lipinski definition) is 3. The van der Waals surface area contributed by atoms with Crippen LogP contribution in [-0.4, -0.2) is 31.7 Å². The lowest BCUT2D eigenvalue weighted by Gasteiger charge is -2.14. The molecule has 3 heteroatoms. The van der Waals surface area contributed by atoms with Gasteiger partial charge in [0, 0.05) is 7.11 Å². The molecule has 0 aliphatic rings. The Morgan fingerprint density at radius 2 is 1.62 bits per heavy atom. The van der Waals surface area contributed by atoms with Gasteiger partial charge < -0.3 is 14.6 Å². The molecule has 98 valence electrons. The molecule has 1 N–H and O–H groups in total. The maximum atomic E-state index is 9.04. The van der Waals surface area contributed by atoms with Gasteiger partial charge in [0.15, 0.2) is 0 Å². The molecule has 0 fully saturated rings. The van der Waals surface area contributed by atoms with Crippen LogP contribution in [0.1, 0.15) is 58.3 Å². The van der Waals surface area contributed by atoms with Crippen LogP contribution in [0.15, 0.2) is 0 Å². The average Bonchev–Trinajstić information content (AvgIpc) is 2.32. The molecular weight excluding hydrogens is 204 g/mol. The van der Waals surface area contributed by atoms with E-state index in [-0.39, 0.29) is 19.5 Å². The van der Waals surface area contributed by atoms with E-state index in [1.165, 1.54) is 38.5 Å². The Bertz CT molecular complexity index is 128. The number of rotatable bonds is 12. The summed E-state index contributed by atoms with van der Waals surface area (Å²) in [4.78, 5) is 0. The van der Waals surface area contributed by atoms with Crippen molar-refractivity contribution in [3.05, 3.63) is 0 Å². The number of aliphatic hydroxyl groups excluding tert-OH is 1. The molecule has 16 heavy (non-hydrogen) atoms. The summed E-state index contributed by atoms with van der Waals surface area (Å²) >= 11 is 0. The van der Waals surface area contributed by atoms with Gasteiger partial charge in [-0.1, -0.05) is 51.9 Å². The predicted molar refractivity (Wildman–Crippen MR) is 66.4 cm³/mol. The van der Waals surface area contributed by atoms with Gasteiger partial charge in [-0.15, -0.1) is 0 Å². The third-order valence-electron chi connectivity index (χ3n) is 2.75. The van der Waals surface area contributed by atoms with E-state index in [0.29, 0.717) is 0 Å². The highest BCUT2D eigenvalue weighted by molar-refractivity contribution is 4.56. The zero-order valence-electron chi connectivity index (χ0n) is 10.9. The first-order valence-corrected chi connectivity index (χ1v) is 6.56. The number of ether oxygens (including phenoxy) is 2. The maximum absolute atomic E-state index is 9.04. The summed E-state index contributed by atoms with van der Waals surface area (Å²) in [6.45, 7) is 2.61. The van der Waals surface area contributed by atoms with Crippen molar-refractivity contribution in [3.63, 3.8) is 0 Å². The van der Waals surface area contributed by atoms with E-state index in [1.807, 2.05) is 0 Å². The van der Waals surface area contributed by atoms with E-state index in [1.54, 1.807) is 7.11 Å². The Labute approximate surface area is 100 Å². The molecule has 0 amide bonds. The van der Waals surface area contributed by atoms with Crippen LogP contribution in [0.25, 0.3) is 0 Å². The fourth-order valence-electron chi connectivity index (χ4n) is 1.72. The number of aliphatic hydroxyl groups is 1. The summed E-state index contributed by atoms with van der Waals surface area (Å²) in [5, 5.41) is 9.04. The minimum Gasteiger partial charge on any atom is -0.394 e. The summed E-state index contributed by atoms with van der Waals surface area (Å²) in [5.41, 5.74) is 0. The summed E-state index contributed by atoms with van der Waals surface area (Å²) in [6, 6.07) is 0. The van der Waals surface area contributed by atoms with Crippen LogP contribution >= 0.6 is 0 Å². The third kappa shape index (κ3) is 10.4. The van der Waals surface area contributed by atoms with Gasteiger partial charge in [0.2, 0.25) is 0 Å². The van der Waals surface area contributed by atoms with Gasteiger partial charge in [0.1, 0.15) is 6.79 Å². The van der Waals surface area contributed by atoms with Crippen molar-refractivity contribution in [2.45, 2.75) is 64.4 Å². The second-order valence-electron chi connectivity index (χ2n) is 4.29. The minimum absolute atomic E-state index is 0.0457. The standard InChI is InChI=1S/C13H28O3/c1-3-4-5-6-7-8-9-10-13(11-14)16-12-15-2/h13-14H,3-12H2,1-2H3/t13-/m1/s1.